The molecule has 0 amide bonds. The number of fused-ring (bicyclic) bond motifs is 1. The highest BCUT2D eigenvalue weighted by molar-refractivity contribution is 7.89. The van der Waals surface area contributed by atoms with E-state index < -0.39 is 10.0 Å². The summed E-state index contributed by atoms with van der Waals surface area (Å²) < 4.78 is 26.7. The Kier molecular flexibility index (Phi) is 3.33. The molecule has 4 nitrogen and oxygen atoms in total. The zero-order chi connectivity index (χ0) is 13.6. The van der Waals surface area contributed by atoms with E-state index in [0.29, 0.717) is 22.4 Å². The highest BCUT2D eigenvalue weighted by atomic mass is 35.5. The molecule has 6 heteroatoms. The van der Waals surface area contributed by atoms with E-state index >= 15 is 0 Å². The van der Waals surface area contributed by atoms with Crippen molar-refractivity contribution in [3.8, 4) is 0 Å². The third-order valence-corrected chi connectivity index (χ3v) is 6.21. The molecule has 1 aromatic carbocycles. The molecular weight excluding hydrogens is 284 g/mol. The summed E-state index contributed by atoms with van der Waals surface area (Å²) in [6.45, 7) is 2.58. The molecule has 2 saturated heterocycles. The number of hydrogen-bond acceptors (Lipinski definition) is 3. The number of sulfonamides is 1. The van der Waals surface area contributed by atoms with Crippen molar-refractivity contribution in [1.29, 1.82) is 0 Å². The van der Waals surface area contributed by atoms with Crippen molar-refractivity contribution >= 4 is 21.6 Å². The first-order valence-electron chi connectivity index (χ1n) is 6.44. The predicted octanol–water partition coefficient (Wildman–Crippen LogP) is 1.66. The van der Waals surface area contributed by atoms with Gasteiger partial charge >= 0.3 is 0 Å². The number of rotatable bonds is 2. The van der Waals surface area contributed by atoms with Gasteiger partial charge in [0.05, 0.1) is 4.90 Å². The van der Waals surface area contributed by atoms with Gasteiger partial charge in [0.15, 0.2) is 0 Å². The lowest BCUT2D eigenvalue weighted by atomic mass is 9.85. The van der Waals surface area contributed by atoms with Crippen molar-refractivity contribution < 1.29 is 8.42 Å². The smallest absolute Gasteiger partial charge is 0.243 e. The van der Waals surface area contributed by atoms with E-state index in [0.717, 1.165) is 19.5 Å². The van der Waals surface area contributed by atoms with Crippen LogP contribution >= 0.6 is 11.6 Å². The van der Waals surface area contributed by atoms with Crippen molar-refractivity contribution in [2.75, 3.05) is 26.7 Å². The molecule has 2 heterocycles. The van der Waals surface area contributed by atoms with Crippen LogP contribution in [0.4, 0.5) is 0 Å². The molecule has 0 aromatic heterocycles. The molecule has 0 spiro atoms. The molecule has 104 valence electrons. The minimum Gasteiger partial charge on any atom is -0.306 e. The molecule has 19 heavy (non-hydrogen) atoms. The maximum absolute atomic E-state index is 12.6. The molecule has 2 fully saturated rings. The van der Waals surface area contributed by atoms with Gasteiger partial charge in [0, 0.05) is 30.1 Å². The van der Waals surface area contributed by atoms with E-state index in [1.165, 1.54) is 6.07 Å². The van der Waals surface area contributed by atoms with Crippen molar-refractivity contribution in [2.24, 2.45) is 5.92 Å². The molecule has 1 aromatic rings. The Balaban J connectivity index is 1.83. The third kappa shape index (κ3) is 2.29. The summed E-state index contributed by atoms with van der Waals surface area (Å²) in [5, 5.41) is 0.460. The Morgan fingerprint density at radius 1 is 1.32 bits per heavy atom. The minimum atomic E-state index is -3.38. The number of halogens is 1. The average Bonchev–Trinajstić information content (AvgIpc) is 2.32. The van der Waals surface area contributed by atoms with E-state index in [2.05, 4.69) is 11.9 Å². The number of hydrogen-bond donors (Lipinski definition) is 0. The van der Waals surface area contributed by atoms with Gasteiger partial charge in [0.25, 0.3) is 0 Å². The van der Waals surface area contributed by atoms with Crippen molar-refractivity contribution in [3.63, 3.8) is 0 Å². The molecule has 0 unspecified atom stereocenters. The maximum Gasteiger partial charge on any atom is 0.243 e. The largest absolute Gasteiger partial charge is 0.306 e. The fourth-order valence-electron chi connectivity index (χ4n) is 3.03. The predicted molar refractivity (Wildman–Crippen MR) is 74.7 cm³/mol. The zero-order valence-corrected chi connectivity index (χ0v) is 12.4. The van der Waals surface area contributed by atoms with Gasteiger partial charge in [0.2, 0.25) is 10.0 Å². The molecule has 0 bridgehead atoms. The zero-order valence-electron chi connectivity index (χ0n) is 10.8. The highest BCUT2D eigenvalue weighted by Gasteiger charge is 2.47. The molecule has 0 radical (unpaired) electrons. The maximum atomic E-state index is 12.6. The van der Waals surface area contributed by atoms with Crippen LogP contribution in [-0.2, 0) is 10.0 Å². The first kappa shape index (κ1) is 13.4. The molecule has 3 rings (SSSR count). The fourth-order valence-corrected chi connectivity index (χ4v) is 5.10. The second-order valence-corrected chi connectivity index (χ2v) is 7.74. The Hall–Kier alpha value is -0.620. The molecule has 0 saturated carbocycles. The van der Waals surface area contributed by atoms with Crippen molar-refractivity contribution in [2.45, 2.75) is 17.4 Å². The Morgan fingerprint density at radius 2 is 2.11 bits per heavy atom. The Bertz CT molecular complexity index is 590. The van der Waals surface area contributed by atoms with Gasteiger partial charge in [-0.3, -0.25) is 0 Å². The van der Waals surface area contributed by atoms with Crippen LogP contribution in [-0.4, -0.2) is 50.3 Å². The van der Waals surface area contributed by atoms with Gasteiger partial charge in [-0.05, 0) is 38.2 Å². The van der Waals surface area contributed by atoms with E-state index in [1.54, 1.807) is 22.5 Å². The molecule has 2 atom stereocenters. The molecule has 0 aliphatic carbocycles. The van der Waals surface area contributed by atoms with Crippen LogP contribution in [0.2, 0.25) is 5.02 Å². The summed E-state index contributed by atoms with van der Waals surface area (Å²) in [7, 11) is -1.29. The first-order valence-corrected chi connectivity index (χ1v) is 8.26. The minimum absolute atomic E-state index is 0.167. The van der Waals surface area contributed by atoms with Gasteiger partial charge in [-0.15, -0.1) is 0 Å². The molecule has 2 aliphatic heterocycles. The summed E-state index contributed by atoms with van der Waals surface area (Å²) in [6, 6.07) is 6.68. The van der Waals surface area contributed by atoms with Crippen molar-refractivity contribution in [1.82, 2.24) is 9.21 Å². The topological polar surface area (TPSA) is 40.6 Å². The lowest BCUT2D eigenvalue weighted by Crippen LogP contribution is -2.64. The average molecular weight is 301 g/mol. The van der Waals surface area contributed by atoms with Gasteiger partial charge in [-0.25, -0.2) is 8.42 Å². The normalized spacial score (nSPS) is 28.7. The monoisotopic (exact) mass is 300 g/mol. The number of nitrogens with zero attached hydrogens (tertiary/aromatic N) is 2. The first-order chi connectivity index (χ1) is 8.98. The molecule has 0 N–H and O–H groups in total. The second kappa shape index (κ2) is 4.74. The van der Waals surface area contributed by atoms with Gasteiger partial charge in [-0.1, -0.05) is 17.7 Å². The highest BCUT2D eigenvalue weighted by Crippen LogP contribution is 2.36. The summed E-state index contributed by atoms with van der Waals surface area (Å²) in [5.41, 5.74) is 0. The molecular formula is C13H17ClN2O2S. The van der Waals surface area contributed by atoms with Gasteiger partial charge < -0.3 is 4.90 Å². The Morgan fingerprint density at radius 3 is 2.79 bits per heavy atom. The summed E-state index contributed by atoms with van der Waals surface area (Å²) in [6.07, 6.45) is 0.918. The summed E-state index contributed by atoms with van der Waals surface area (Å²) >= 11 is 5.88. The van der Waals surface area contributed by atoms with E-state index in [9.17, 15) is 8.42 Å². The molecule has 2 aliphatic rings. The van der Waals surface area contributed by atoms with Crippen LogP contribution in [0, 0.1) is 5.92 Å². The Labute approximate surface area is 119 Å². The quantitative estimate of drug-likeness (QED) is 0.834. The lowest BCUT2D eigenvalue weighted by Gasteiger charge is -2.51. The van der Waals surface area contributed by atoms with Crippen LogP contribution in [0.15, 0.2) is 29.2 Å². The van der Waals surface area contributed by atoms with E-state index in [-0.39, 0.29) is 6.04 Å². The van der Waals surface area contributed by atoms with Crippen LogP contribution < -0.4 is 0 Å². The SMILES string of the molecule is CN1CC[C@@H]2[C@H](C1)CN2S(=O)(=O)c1cccc(Cl)c1. The van der Waals surface area contributed by atoms with Crippen LogP contribution in [0.1, 0.15) is 6.42 Å². The van der Waals surface area contributed by atoms with Crippen LogP contribution in [0.25, 0.3) is 0 Å². The number of piperidine rings is 1. The van der Waals surface area contributed by atoms with E-state index in [4.69, 9.17) is 11.6 Å². The number of likely N-dealkylation sites (tertiary alicyclic amines) is 1. The van der Waals surface area contributed by atoms with Crippen LogP contribution in [0.5, 0.6) is 0 Å². The van der Waals surface area contributed by atoms with Gasteiger partial charge in [-0.2, -0.15) is 4.31 Å². The second-order valence-electron chi connectivity index (χ2n) is 5.41. The summed E-state index contributed by atoms with van der Waals surface area (Å²) in [5.74, 6) is 0.479. The third-order valence-electron chi connectivity index (χ3n) is 4.08. The van der Waals surface area contributed by atoms with E-state index in [1.807, 2.05) is 0 Å². The van der Waals surface area contributed by atoms with Crippen LogP contribution in [0.3, 0.4) is 0 Å². The summed E-state index contributed by atoms with van der Waals surface area (Å²) in [4.78, 5) is 2.57. The lowest BCUT2D eigenvalue weighted by molar-refractivity contribution is 0.0238. The number of benzene rings is 1. The standard InChI is InChI=1S/C13H17ClN2O2S/c1-15-6-5-13-10(8-15)9-16(13)19(17,18)12-4-2-3-11(14)7-12/h2-4,7,10,13H,5-6,8-9H2,1H3/t10-,13-/m1/s1. The van der Waals surface area contributed by atoms with Crippen molar-refractivity contribution in [3.05, 3.63) is 29.3 Å². The van der Waals surface area contributed by atoms with Gasteiger partial charge in [0.1, 0.15) is 0 Å². The fraction of sp³-hybridized carbons (Fsp3) is 0.538.